The summed E-state index contributed by atoms with van der Waals surface area (Å²) in [7, 11) is 0. The Hall–Kier alpha value is -1.61. The molecule has 0 bridgehead atoms. The maximum absolute atomic E-state index is 12.1. The number of hydrogen-bond donors (Lipinski definition) is 0. The van der Waals surface area contributed by atoms with Crippen molar-refractivity contribution >= 4 is 21.7 Å². The zero-order valence-electron chi connectivity index (χ0n) is 9.60. The zero-order chi connectivity index (χ0) is 12.5. The number of ketones is 1. The molecule has 0 N–H and O–H groups in total. The van der Waals surface area contributed by atoms with Gasteiger partial charge in [0.25, 0.3) is 0 Å². The molecule has 18 heavy (non-hydrogen) atoms. The lowest BCUT2D eigenvalue weighted by Gasteiger charge is -2.25. The van der Waals surface area contributed by atoms with Gasteiger partial charge in [-0.2, -0.15) is 0 Å². The van der Waals surface area contributed by atoms with Gasteiger partial charge in [-0.3, -0.25) is 4.79 Å². The molecule has 0 aromatic heterocycles. The number of carbonyl (C=O) groups excluding carboxylic acids is 1. The van der Waals surface area contributed by atoms with Gasteiger partial charge < -0.3 is 4.74 Å². The summed E-state index contributed by atoms with van der Waals surface area (Å²) in [5.74, 6) is 0.801. The van der Waals surface area contributed by atoms with Crippen LogP contribution in [-0.4, -0.2) is 5.78 Å². The van der Waals surface area contributed by atoms with Gasteiger partial charge in [0.1, 0.15) is 11.9 Å². The maximum atomic E-state index is 12.1. The van der Waals surface area contributed by atoms with Crippen molar-refractivity contribution in [2.24, 2.45) is 0 Å². The fourth-order valence-electron chi connectivity index (χ4n) is 2.15. The molecule has 2 aromatic rings. The van der Waals surface area contributed by atoms with Crippen LogP contribution in [-0.2, 0) is 0 Å². The second-order valence-electron chi connectivity index (χ2n) is 4.28. The fourth-order valence-corrected chi connectivity index (χ4v) is 2.51. The van der Waals surface area contributed by atoms with Crippen molar-refractivity contribution < 1.29 is 9.53 Å². The van der Waals surface area contributed by atoms with Crippen LogP contribution < -0.4 is 4.74 Å². The Labute approximate surface area is 114 Å². The van der Waals surface area contributed by atoms with E-state index < -0.39 is 0 Å². The maximum Gasteiger partial charge on any atom is 0.170 e. The topological polar surface area (TPSA) is 26.3 Å². The number of halogens is 1. The van der Waals surface area contributed by atoms with Crippen molar-refractivity contribution in [1.82, 2.24) is 0 Å². The van der Waals surface area contributed by atoms with E-state index in [0.717, 1.165) is 10.0 Å². The normalized spacial score (nSPS) is 18.1. The minimum atomic E-state index is -0.174. The summed E-state index contributed by atoms with van der Waals surface area (Å²) < 4.78 is 6.80. The zero-order valence-corrected chi connectivity index (χ0v) is 11.2. The van der Waals surface area contributed by atoms with E-state index in [1.807, 2.05) is 48.5 Å². The van der Waals surface area contributed by atoms with Crippen LogP contribution in [0.25, 0.3) is 0 Å². The third-order valence-corrected chi connectivity index (χ3v) is 3.55. The SMILES string of the molecule is O=C1C[C@@H](c2ccccc2)Oc2ccc(Br)cc21. The quantitative estimate of drug-likeness (QED) is 0.791. The molecule has 0 unspecified atom stereocenters. The molecular weight excluding hydrogens is 292 g/mol. The van der Waals surface area contributed by atoms with Crippen LogP contribution >= 0.6 is 15.9 Å². The van der Waals surface area contributed by atoms with Crippen molar-refractivity contribution in [2.45, 2.75) is 12.5 Å². The van der Waals surface area contributed by atoms with Gasteiger partial charge in [0.05, 0.1) is 12.0 Å². The summed E-state index contributed by atoms with van der Waals surface area (Å²) in [6.07, 6.45) is 0.223. The van der Waals surface area contributed by atoms with Crippen molar-refractivity contribution in [2.75, 3.05) is 0 Å². The highest BCUT2D eigenvalue weighted by atomic mass is 79.9. The van der Waals surface area contributed by atoms with Gasteiger partial charge >= 0.3 is 0 Å². The van der Waals surface area contributed by atoms with E-state index in [1.54, 1.807) is 0 Å². The van der Waals surface area contributed by atoms with E-state index in [-0.39, 0.29) is 11.9 Å². The first-order chi connectivity index (χ1) is 8.74. The van der Waals surface area contributed by atoms with Gasteiger partial charge in [0, 0.05) is 4.47 Å². The van der Waals surface area contributed by atoms with E-state index in [4.69, 9.17) is 4.74 Å². The average Bonchev–Trinajstić information content (AvgIpc) is 2.40. The van der Waals surface area contributed by atoms with E-state index in [0.29, 0.717) is 17.7 Å². The van der Waals surface area contributed by atoms with Gasteiger partial charge in [0.15, 0.2) is 5.78 Å². The van der Waals surface area contributed by atoms with Gasteiger partial charge in [0.2, 0.25) is 0 Å². The van der Waals surface area contributed by atoms with E-state index in [1.165, 1.54) is 0 Å². The number of carbonyl (C=O) groups is 1. The lowest BCUT2D eigenvalue weighted by atomic mass is 9.96. The second kappa shape index (κ2) is 4.58. The number of rotatable bonds is 1. The largest absolute Gasteiger partial charge is 0.484 e. The summed E-state index contributed by atoms with van der Waals surface area (Å²) in [5, 5.41) is 0. The van der Waals surface area contributed by atoms with Crippen molar-refractivity contribution in [3.05, 3.63) is 64.1 Å². The van der Waals surface area contributed by atoms with Crippen molar-refractivity contribution in [3.63, 3.8) is 0 Å². The minimum Gasteiger partial charge on any atom is -0.484 e. The Bertz CT molecular complexity index is 593. The molecule has 1 aliphatic rings. The predicted molar refractivity (Wildman–Crippen MR) is 72.9 cm³/mol. The molecule has 0 saturated carbocycles. The molecule has 2 aromatic carbocycles. The summed E-state index contributed by atoms with van der Waals surface area (Å²) in [6, 6.07) is 15.4. The van der Waals surface area contributed by atoms with Crippen LogP contribution in [0.5, 0.6) is 5.75 Å². The molecule has 0 amide bonds. The Morgan fingerprint density at radius 1 is 1.11 bits per heavy atom. The first-order valence-corrected chi connectivity index (χ1v) is 6.58. The van der Waals surface area contributed by atoms with E-state index in [2.05, 4.69) is 15.9 Å². The summed E-state index contributed by atoms with van der Waals surface area (Å²) >= 11 is 3.37. The Morgan fingerprint density at radius 3 is 2.67 bits per heavy atom. The van der Waals surface area contributed by atoms with Crippen molar-refractivity contribution in [1.29, 1.82) is 0 Å². The Morgan fingerprint density at radius 2 is 1.89 bits per heavy atom. The molecule has 0 radical (unpaired) electrons. The molecule has 1 atom stereocenters. The van der Waals surface area contributed by atoms with Gasteiger partial charge in [-0.25, -0.2) is 0 Å². The molecular formula is C15H11BrO2. The number of benzene rings is 2. The molecule has 2 nitrogen and oxygen atoms in total. The molecule has 3 rings (SSSR count). The Kier molecular flexibility index (Phi) is 2.92. The van der Waals surface area contributed by atoms with Crippen LogP contribution in [0.4, 0.5) is 0 Å². The van der Waals surface area contributed by atoms with Gasteiger partial charge in [-0.1, -0.05) is 46.3 Å². The van der Waals surface area contributed by atoms with Gasteiger partial charge in [-0.15, -0.1) is 0 Å². The highest BCUT2D eigenvalue weighted by Crippen LogP contribution is 2.35. The van der Waals surface area contributed by atoms with Crippen LogP contribution in [0.1, 0.15) is 28.4 Å². The number of Topliss-reactive ketones (excluding diaryl/α,β-unsaturated/α-hetero) is 1. The third-order valence-electron chi connectivity index (χ3n) is 3.05. The average molecular weight is 303 g/mol. The summed E-state index contributed by atoms with van der Waals surface area (Å²) in [5.41, 5.74) is 1.70. The van der Waals surface area contributed by atoms with Crippen molar-refractivity contribution in [3.8, 4) is 5.75 Å². The smallest absolute Gasteiger partial charge is 0.170 e. The number of fused-ring (bicyclic) bond motifs is 1. The molecule has 90 valence electrons. The minimum absolute atomic E-state index is 0.131. The number of hydrogen-bond acceptors (Lipinski definition) is 2. The standard InChI is InChI=1S/C15H11BrO2/c16-11-6-7-14-12(8-11)13(17)9-15(18-14)10-4-2-1-3-5-10/h1-8,15H,9H2/t15-/m0/s1. The highest BCUT2D eigenvalue weighted by molar-refractivity contribution is 9.10. The number of ether oxygens (including phenoxy) is 1. The van der Waals surface area contributed by atoms with Crippen LogP contribution in [0.3, 0.4) is 0 Å². The first kappa shape index (κ1) is 11.5. The predicted octanol–water partition coefficient (Wildman–Crippen LogP) is 4.16. The molecule has 1 aliphatic heterocycles. The molecule has 0 fully saturated rings. The van der Waals surface area contributed by atoms with Crippen LogP contribution in [0.2, 0.25) is 0 Å². The fraction of sp³-hybridized carbons (Fsp3) is 0.133. The second-order valence-corrected chi connectivity index (χ2v) is 5.20. The lowest BCUT2D eigenvalue weighted by Crippen LogP contribution is -2.20. The molecule has 0 aliphatic carbocycles. The van der Waals surface area contributed by atoms with Crippen LogP contribution in [0, 0.1) is 0 Å². The summed E-state index contributed by atoms with van der Waals surface area (Å²) in [4.78, 5) is 12.1. The Balaban J connectivity index is 1.97. The highest BCUT2D eigenvalue weighted by Gasteiger charge is 2.27. The summed E-state index contributed by atoms with van der Waals surface area (Å²) in [6.45, 7) is 0. The molecule has 3 heteroatoms. The third kappa shape index (κ3) is 2.06. The monoisotopic (exact) mass is 302 g/mol. The van der Waals surface area contributed by atoms with Crippen LogP contribution in [0.15, 0.2) is 53.0 Å². The van der Waals surface area contributed by atoms with E-state index >= 15 is 0 Å². The molecule has 0 saturated heterocycles. The van der Waals surface area contributed by atoms with Gasteiger partial charge in [-0.05, 0) is 23.8 Å². The lowest BCUT2D eigenvalue weighted by molar-refractivity contribution is 0.0850. The molecule has 0 spiro atoms. The van der Waals surface area contributed by atoms with E-state index in [9.17, 15) is 4.79 Å². The molecule has 1 heterocycles. The first-order valence-electron chi connectivity index (χ1n) is 5.78.